The zero-order chi connectivity index (χ0) is 25.9. The third-order valence-corrected chi connectivity index (χ3v) is 13.0. The van der Waals surface area contributed by atoms with Crippen molar-refractivity contribution in [2.45, 2.75) is 44.7 Å². The van der Waals surface area contributed by atoms with Crippen molar-refractivity contribution in [2.75, 3.05) is 31.6 Å². The van der Waals surface area contributed by atoms with Crippen molar-refractivity contribution in [2.24, 2.45) is 0 Å². The number of nitrogens with one attached hydrogen (secondary N) is 1. The van der Waals surface area contributed by atoms with Gasteiger partial charge in [-0.05, 0) is 62.9 Å². The highest BCUT2D eigenvalue weighted by molar-refractivity contribution is 9.10. The van der Waals surface area contributed by atoms with Crippen LogP contribution in [-0.2, 0) is 4.43 Å². The Labute approximate surface area is 229 Å². The van der Waals surface area contributed by atoms with Crippen LogP contribution in [0.2, 0.25) is 5.04 Å². The number of nitrogens with zero attached hydrogens (tertiary/aromatic N) is 4. The van der Waals surface area contributed by atoms with Crippen LogP contribution in [0.4, 0.5) is 5.82 Å². The lowest BCUT2D eigenvalue weighted by atomic mass is 10.2. The van der Waals surface area contributed by atoms with Crippen molar-refractivity contribution in [1.29, 1.82) is 0 Å². The highest BCUT2D eigenvalue weighted by atomic mass is 79.9. The largest absolute Gasteiger partial charge is 0.406 e. The molecule has 2 aromatic carbocycles. The van der Waals surface area contributed by atoms with E-state index in [0.29, 0.717) is 6.04 Å². The second kappa shape index (κ2) is 11.1. The van der Waals surface area contributed by atoms with E-state index in [9.17, 15) is 0 Å². The normalized spacial score (nSPS) is 16.9. The molecule has 4 aromatic rings. The Morgan fingerprint density at radius 2 is 1.68 bits per heavy atom. The molecule has 1 atom stereocenters. The van der Waals surface area contributed by atoms with Crippen molar-refractivity contribution in [3.63, 3.8) is 0 Å². The van der Waals surface area contributed by atoms with Crippen LogP contribution < -0.4 is 15.7 Å². The van der Waals surface area contributed by atoms with Gasteiger partial charge in [0.1, 0.15) is 10.4 Å². The molecule has 194 valence electrons. The minimum absolute atomic E-state index is 0.00733. The molecule has 2 aromatic heterocycles. The molecule has 1 fully saturated rings. The number of hydrogen-bond acceptors (Lipinski definition) is 5. The van der Waals surface area contributed by atoms with Crippen LogP contribution in [0.15, 0.2) is 83.6 Å². The topological polar surface area (TPSA) is 54.7 Å². The molecule has 1 aliphatic heterocycles. The Morgan fingerprint density at radius 3 is 2.32 bits per heavy atom. The summed E-state index contributed by atoms with van der Waals surface area (Å²) < 4.78 is 9.90. The van der Waals surface area contributed by atoms with E-state index >= 15 is 0 Å². The van der Waals surface area contributed by atoms with Crippen LogP contribution in [0.3, 0.4) is 0 Å². The van der Waals surface area contributed by atoms with Crippen LogP contribution in [0.25, 0.3) is 5.65 Å². The number of benzene rings is 2. The van der Waals surface area contributed by atoms with Crippen LogP contribution in [0.1, 0.15) is 33.6 Å². The number of aromatic nitrogens is 3. The molecule has 6 nitrogen and oxygen atoms in total. The number of fused-ring (bicyclic) bond motifs is 1. The maximum atomic E-state index is 7.25. The second-order valence-corrected chi connectivity index (χ2v) is 15.9. The predicted octanol–water partition coefficient (Wildman–Crippen LogP) is 4.94. The molecule has 8 heteroatoms. The molecule has 1 aliphatic rings. The SMILES string of the molecule is CC(C)(C)[Si](OC[C@@H]1CCCN1CCNc1ccc2ncc(Br)n2n1)(c1ccccc1)c1ccccc1. The van der Waals surface area contributed by atoms with Gasteiger partial charge < -0.3 is 9.74 Å². The van der Waals surface area contributed by atoms with Crippen molar-refractivity contribution in [1.82, 2.24) is 19.5 Å². The average molecular weight is 579 g/mol. The Kier molecular flexibility index (Phi) is 7.81. The zero-order valence-corrected chi connectivity index (χ0v) is 24.5. The summed E-state index contributed by atoms with van der Waals surface area (Å²) in [6.07, 6.45) is 4.15. The smallest absolute Gasteiger partial charge is 0.261 e. The molecule has 0 spiro atoms. The summed E-state index contributed by atoms with van der Waals surface area (Å²) in [5, 5.41) is 10.8. The average Bonchev–Trinajstić information content (AvgIpc) is 3.51. The highest BCUT2D eigenvalue weighted by Crippen LogP contribution is 2.37. The first-order valence-corrected chi connectivity index (χ1v) is 15.8. The minimum atomic E-state index is -2.52. The fraction of sp³-hybridized carbons (Fsp3) is 0.379. The number of rotatable bonds is 9. The molecular formula is C29H36BrN5OSi. The third kappa shape index (κ3) is 5.39. The first kappa shape index (κ1) is 26.1. The van der Waals surface area contributed by atoms with Gasteiger partial charge in [-0.15, -0.1) is 5.10 Å². The highest BCUT2D eigenvalue weighted by Gasteiger charge is 2.50. The summed E-state index contributed by atoms with van der Waals surface area (Å²) in [5.74, 6) is 0.852. The third-order valence-electron chi connectivity index (χ3n) is 7.43. The van der Waals surface area contributed by atoms with E-state index in [-0.39, 0.29) is 5.04 Å². The molecule has 0 unspecified atom stereocenters. The van der Waals surface area contributed by atoms with Crippen molar-refractivity contribution in [3.05, 3.63) is 83.6 Å². The number of hydrogen-bond donors (Lipinski definition) is 1. The van der Waals surface area contributed by atoms with Crippen molar-refractivity contribution < 1.29 is 4.43 Å². The molecule has 5 rings (SSSR count). The summed E-state index contributed by atoms with van der Waals surface area (Å²) in [4.78, 5) is 6.90. The molecule has 0 aliphatic carbocycles. The lowest BCUT2D eigenvalue weighted by Gasteiger charge is -2.44. The Balaban J connectivity index is 1.30. The van der Waals surface area contributed by atoms with Crippen molar-refractivity contribution >= 4 is 46.1 Å². The molecule has 1 saturated heterocycles. The van der Waals surface area contributed by atoms with E-state index in [4.69, 9.17) is 4.43 Å². The van der Waals surface area contributed by atoms with Crippen molar-refractivity contribution in [3.8, 4) is 0 Å². The quantitative estimate of drug-likeness (QED) is 0.285. The minimum Gasteiger partial charge on any atom is -0.406 e. The van der Waals surface area contributed by atoms with Gasteiger partial charge in [0.25, 0.3) is 8.32 Å². The van der Waals surface area contributed by atoms with Gasteiger partial charge in [-0.1, -0.05) is 81.4 Å². The maximum absolute atomic E-state index is 7.25. The van der Waals surface area contributed by atoms with Gasteiger partial charge in [0.2, 0.25) is 0 Å². The van der Waals surface area contributed by atoms with Crippen LogP contribution in [-0.4, -0.2) is 60.1 Å². The summed E-state index contributed by atoms with van der Waals surface area (Å²) in [5.41, 5.74) is 0.831. The van der Waals surface area contributed by atoms with E-state index in [1.807, 2.05) is 12.1 Å². The van der Waals surface area contributed by atoms with E-state index < -0.39 is 8.32 Å². The number of imidazole rings is 1. The fourth-order valence-corrected chi connectivity index (χ4v) is 10.6. The molecule has 1 N–H and O–H groups in total. The molecule has 0 radical (unpaired) electrons. The molecular weight excluding hydrogens is 542 g/mol. The Hall–Kier alpha value is -2.52. The van der Waals surface area contributed by atoms with Gasteiger partial charge in [-0.2, -0.15) is 0 Å². The van der Waals surface area contributed by atoms with Gasteiger partial charge in [0.05, 0.1) is 12.8 Å². The maximum Gasteiger partial charge on any atom is 0.261 e. The van der Waals surface area contributed by atoms with Gasteiger partial charge in [-0.25, -0.2) is 9.50 Å². The van der Waals surface area contributed by atoms with E-state index in [1.54, 1.807) is 10.7 Å². The lowest BCUT2D eigenvalue weighted by molar-refractivity contribution is 0.170. The molecule has 0 bridgehead atoms. The first-order valence-electron chi connectivity index (χ1n) is 13.1. The number of likely N-dealkylation sites (tertiary alicyclic amines) is 1. The summed E-state index contributed by atoms with van der Waals surface area (Å²) in [7, 11) is -2.52. The Bertz CT molecular complexity index is 1270. The van der Waals surface area contributed by atoms with Crippen LogP contribution in [0, 0.1) is 0 Å². The van der Waals surface area contributed by atoms with Gasteiger partial charge in [0, 0.05) is 19.1 Å². The van der Waals surface area contributed by atoms with E-state index in [2.05, 4.69) is 118 Å². The van der Waals surface area contributed by atoms with Gasteiger partial charge >= 0.3 is 0 Å². The molecule has 0 saturated carbocycles. The monoisotopic (exact) mass is 577 g/mol. The Morgan fingerprint density at radius 1 is 1.00 bits per heavy atom. The summed E-state index contributed by atoms with van der Waals surface area (Å²) >= 11 is 3.50. The first-order chi connectivity index (χ1) is 17.9. The van der Waals surface area contributed by atoms with Crippen LogP contribution >= 0.6 is 15.9 Å². The second-order valence-electron chi connectivity index (χ2n) is 10.8. The summed E-state index contributed by atoms with van der Waals surface area (Å²) in [6.45, 7) is 10.7. The standard InChI is InChI=1S/C29H36BrN5OSi/c1-29(2,3)37(24-12-6-4-7-13-24,25-14-8-5-9-15-25)36-22-23-11-10-19-34(23)20-18-31-27-16-17-28-32-21-26(30)35(28)33-27/h4-9,12-17,21,23H,10-11,18-20,22H2,1-3H3,(H,31,33)/t23-/m0/s1. The molecule has 3 heterocycles. The predicted molar refractivity (Wildman–Crippen MR) is 157 cm³/mol. The number of anilines is 1. The van der Waals surface area contributed by atoms with E-state index in [0.717, 1.165) is 42.3 Å². The van der Waals surface area contributed by atoms with Gasteiger partial charge in [-0.3, -0.25) is 4.90 Å². The number of halogens is 1. The fourth-order valence-electron chi connectivity index (χ4n) is 5.63. The van der Waals surface area contributed by atoms with E-state index in [1.165, 1.54) is 23.2 Å². The zero-order valence-electron chi connectivity index (χ0n) is 21.9. The summed E-state index contributed by atoms with van der Waals surface area (Å²) in [6, 6.07) is 26.2. The molecule has 37 heavy (non-hydrogen) atoms. The lowest BCUT2D eigenvalue weighted by Crippen LogP contribution is -2.67. The van der Waals surface area contributed by atoms with Gasteiger partial charge in [0.15, 0.2) is 5.65 Å². The molecule has 0 amide bonds. The van der Waals surface area contributed by atoms with Crippen LogP contribution in [0.5, 0.6) is 0 Å².